The third kappa shape index (κ3) is 3.85. The molecule has 0 bridgehead atoms. The van der Waals surface area contributed by atoms with Gasteiger partial charge in [-0.05, 0) is 37.0 Å². The van der Waals surface area contributed by atoms with Crippen LogP contribution in [0.5, 0.6) is 0 Å². The maximum absolute atomic E-state index is 13.0. The highest BCUT2D eigenvalue weighted by Gasteiger charge is 2.32. The maximum atomic E-state index is 13.0. The number of hydrogen-bond acceptors (Lipinski definition) is 6. The van der Waals surface area contributed by atoms with Crippen molar-refractivity contribution in [3.63, 3.8) is 0 Å². The van der Waals surface area contributed by atoms with Crippen molar-refractivity contribution in [2.45, 2.75) is 30.8 Å². The van der Waals surface area contributed by atoms with E-state index >= 15 is 0 Å². The number of anilines is 1. The standard InChI is InChI=1S/C19H20F3N5O2S/c1-3-30(28,29)14-6-7-15(23-9-11-4-5-11)26-16(14)18-25-13-8-12(19(20,21)22)10-24-17(13)27(18)2/h6-8,10-11H,3-5,9H2,1-2H3,(H,23,26). The van der Waals surface area contributed by atoms with E-state index in [0.717, 1.165) is 31.6 Å². The molecule has 0 atom stereocenters. The van der Waals surface area contributed by atoms with Crippen LogP contribution in [0.1, 0.15) is 25.3 Å². The molecule has 3 aromatic rings. The fourth-order valence-corrected chi connectivity index (χ4v) is 4.14. The number of sulfone groups is 1. The van der Waals surface area contributed by atoms with Crippen molar-refractivity contribution in [3.05, 3.63) is 30.0 Å². The molecule has 0 saturated heterocycles. The summed E-state index contributed by atoms with van der Waals surface area (Å²) < 4.78 is 65.9. The van der Waals surface area contributed by atoms with Crippen LogP contribution in [0.4, 0.5) is 19.0 Å². The molecule has 1 aliphatic rings. The lowest BCUT2D eigenvalue weighted by molar-refractivity contribution is -0.137. The van der Waals surface area contributed by atoms with Crippen LogP contribution in [-0.4, -0.2) is 40.2 Å². The Kier molecular flexibility index (Phi) is 4.95. The largest absolute Gasteiger partial charge is 0.417 e. The molecule has 0 radical (unpaired) electrons. The average molecular weight is 439 g/mol. The summed E-state index contributed by atoms with van der Waals surface area (Å²) in [5, 5.41) is 3.19. The molecule has 0 amide bonds. The number of imidazole rings is 1. The van der Waals surface area contributed by atoms with Crippen LogP contribution in [0, 0.1) is 5.92 Å². The van der Waals surface area contributed by atoms with Gasteiger partial charge < -0.3 is 9.88 Å². The monoisotopic (exact) mass is 439 g/mol. The van der Waals surface area contributed by atoms with Gasteiger partial charge in [-0.1, -0.05) is 6.92 Å². The molecule has 1 aliphatic carbocycles. The van der Waals surface area contributed by atoms with Crippen LogP contribution in [0.3, 0.4) is 0 Å². The summed E-state index contributed by atoms with van der Waals surface area (Å²) in [5.41, 5.74) is -0.614. The van der Waals surface area contributed by atoms with Crippen LogP contribution >= 0.6 is 0 Å². The third-order valence-corrected chi connectivity index (χ3v) is 6.85. The normalized spacial score (nSPS) is 15.0. The number of halogens is 3. The highest BCUT2D eigenvalue weighted by molar-refractivity contribution is 7.91. The zero-order chi connectivity index (χ0) is 21.7. The Morgan fingerprint density at radius 1 is 1.23 bits per heavy atom. The van der Waals surface area contributed by atoms with Crippen LogP contribution in [0.15, 0.2) is 29.3 Å². The predicted molar refractivity (Wildman–Crippen MR) is 106 cm³/mol. The molecule has 11 heteroatoms. The first-order valence-corrected chi connectivity index (χ1v) is 11.1. The van der Waals surface area contributed by atoms with Gasteiger partial charge in [-0.15, -0.1) is 0 Å². The summed E-state index contributed by atoms with van der Waals surface area (Å²) in [7, 11) is -2.07. The molecule has 0 aliphatic heterocycles. The fraction of sp³-hybridized carbons (Fsp3) is 0.421. The minimum atomic E-state index is -4.56. The van der Waals surface area contributed by atoms with Gasteiger partial charge in [0.1, 0.15) is 17.0 Å². The van der Waals surface area contributed by atoms with E-state index in [4.69, 9.17) is 0 Å². The first-order chi connectivity index (χ1) is 14.1. The fourth-order valence-electron chi connectivity index (χ4n) is 3.13. The van der Waals surface area contributed by atoms with Gasteiger partial charge in [0.2, 0.25) is 0 Å². The predicted octanol–water partition coefficient (Wildman–Crippen LogP) is 3.66. The van der Waals surface area contributed by atoms with E-state index in [-0.39, 0.29) is 33.3 Å². The van der Waals surface area contributed by atoms with E-state index in [9.17, 15) is 21.6 Å². The minimum absolute atomic E-state index is 0.0142. The number of hydrogen-bond donors (Lipinski definition) is 1. The molecule has 160 valence electrons. The molecule has 1 saturated carbocycles. The molecule has 30 heavy (non-hydrogen) atoms. The Hall–Kier alpha value is -2.69. The van der Waals surface area contributed by atoms with Gasteiger partial charge in [0, 0.05) is 19.8 Å². The summed E-state index contributed by atoms with van der Waals surface area (Å²) in [4.78, 5) is 12.6. The van der Waals surface area contributed by atoms with Crippen molar-refractivity contribution in [2.24, 2.45) is 13.0 Å². The van der Waals surface area contributed by atoms with E-state index in [1.54, 1.807) is 13.1 Å². The van der Waals surface area contributed by atoms with Crippen molar-refractivity contribution < 1.29 is 21.6 Å². The number of aryl methyl sites for hydroxylation is 1. The highest BCUT2D eigenvalue weighted by Crippen LogP contribution is 2.33. The van der Waals surface area contributed by atoms with Crippen LogP contribution in [0.25, 0.3) is 22.7 Å². The van der Waals surface area contributed by atoms with Crippen molar-refractivity contribution in [1.29, 1.82) is 0 Å². The Bertz CT molecular complexity index is 1220. The molecule has 1 N–H and O–H groups in total. The van der Waals surface area contributed by atoms with Crippen molar-refractivity contribution in [3.8, 4) is 11.5 Å². The Labute approximate surface area is 171 Å². The Morgan fingerprint density at radius 2 is 1.97 bits per heavy atom. The first-order valence-electron chi connectivity index (χ1n) is 9.48. The second kappa shape index (κ2) is 7.22. The average Bonchev–Trinajstić information content (AvgIpc) is 3.48. The number of aromatic nitrogens is 4. The van der Waals surface area contributed by atoms with E-state index in [0.29, 0.717) is 11.7 Å². The summed E-state index contributed by atoms with van der Waals surface area (Å²) in [6.07, 6.45) is -1.54. The number of fused-ring (bicyclic) bond motifs is 1. The molecule has 3 heterocycles. The second-order valence-electron chi connectivity index (χ2n) is 7.33. The van der Waals surface area contributed by atoms with Gasteiger partial charge in [-0.25, -0.2) is 23.4 Å². The van der Waals surface area contributed by atoms with Gasteiger partial charge in [0.25, 0.3) is 0 Å². The van der Waals surface area contributed by atoms with Crippen molar-refractivity contribution in [2.75, 3.05) is 17.6 Å². The highest BCUT2D eigenvalue weighted by atomic mass is 32.2. The summed E-state index contributed by atoms with van der Waals surface area (Å²) >= 11 is 0. The first kappa shape index (κ1) is 20.6. The number of alkyl halides is 3. The van der Waals surface area contributed by atoms with E-state index < -0.39 is 21.6 Å². The molecule has 7 nitrogen and oxygen atoms in total. The summed E-state index contributed by atoms with van der Waals surface area (Å²) in [5.74, 6) is 1.06. The van der Waals surface area contributed by atoms with Gasteiger partial charge in [0.05, 0.1) is 16.2 Å². The molecule has 1 fully saturated rings. The minimum Gasteiger partial charge on any atom is -0.370 e. The molecule has 4 rings (SSSR count). The van der Waals surface area contributed by atoms with Crippen molar-refractivity contribution >= 4 is 26.8 Å². The topological polar surface area (TPSA) is 89.8 Å². The number of rotatable bonds is 6. The van der Waals surface area contributed by atoms with Gasteiger partial charge >= 0.3 is 6.18 Å². The second-order valence-corrected chi connectivity index (χ2v) is 9.58. The van der Waals surface area contributed by atoms with Gasteiger partial charge in [-0.3, -0.25) is 0 Å². The van der Waals surface area contributed by atoms with Crippen molar-refractivity contribution in [1.82, 2.24) is 19.5 Å². The smallest absolute Gasteiger partial charge is 0.370 e. The molecule has 0 aromatic carbocycles. The molecular formula is C19H20F3N5O2S. The van der Waals surface area contributed by atoms with E-state index in [2.05, 4.69) is 20.3 Å². The number of pyridine rings is 2. The quantitative estimate of drug-likeness (QED) is 0.631. The lowest BCUT2D eigenvalue weighted by Gasteiger charge is -2.12. The van der Waals surface area contributed by atoms with Crippen LogP contribution in [0.2, 0.25) is 0 Å². The van der Waals surface area contributed by atoms with E-state index in [1.807, 2.05) is 0 Å². The Morgan fingerprint density at radius 3 is 2.60 bits per heavy atom. The Balaban J connectivity index is 1.87. The third-order valence-electron chi connectivity index (χ3n) is 5.09. The maximum Gasteiger partial charge on any atom is 0.417 e. The molecular weight excluding hydrogens is 419 g/mol. The van der Waals surface area contributed by atoms with Crippen LogP contribution in [-0.2, 0) is 23.1 Å². The molecule has 3 aromatic heterocycles. The van der Waals surface area contributed by atoms with Crippen LogP contribution < -0.4 is 5.32 Å². The summed E-state index contributed by atoms with van der Waals surface area (Å²) in [6.45, 7) is 2.25. The number of nitrogens with zero attached hydrogens (tertiary/aromatic N) is 4. The molecule has 0 spiro atoms. The van der Waals surface area contributed by atoms with Gasteiger partial charge in [-0.2, -0.15) is 13.2 Å². The van der Waals surface area contributed by atoms with E-state index in [1.165, 1.54) is 17.6 Å². The van der Waals surface area contributed by atoms with Gasteiger partial charge in [0.15, 0.2) is 21.3 Å². The summed E-state index contributed by atoms with van der Waals surface area (Å²) in [6, 6.07) is 3.95. The lowest BCUT2D eigenvalue weighted by Crippen LogP contribution is -2.11. The SMILES string of the molecule is CCS(=O)(=O)c1ccc(NCC2CC2)nc1-c1nc2cc(C(F)(F)F)cnc2n1C. The lowest BCUT2D eigenvalue weighted by atomic mass is 10.2. The molecule has 0 unspecified atom stereocenters. The number of nitrogens with one attached hydrogen (secondary N) is 1. The zero-order valence-electron chi connectivity index (χ0n) is 16.4. The zero-order valence-corrected chi connectivity index (χ0v) is 17.2.